The number of methoxy groups -OCH3 is 1. The highest BCUT2D eigenvalue weighted by molar-refractivity contribution is 5.93. The lowest BCUT2D eigenvalue weighted by Crippen LogP contribution is -2.18. The molecule has 2 aromatic rings. The van der Waals surface area contributed by atoms with Crippen molar-refractivity contribution in [2.24, 2.45) is 0 Å². The summed E-state index contributed by atoms with van der Waals surface area (Å²) < 4.78 is 10.8. The molecule has 0 saturated heterocycles. The second-order valence-electron chi connectivity index (χ2n) is 4.33. The maximum Gasteiger partial charge on any atom is 0.142 e. The number of rotatable bonds is 3. The van der Waals surface area contributed by atoms with Crippen molar-refractivity contribution in [3.8, 4) is 5.75 Å². The zero-order chi connectivity index (χ0) is 12.6. The van der Waals surface area contributed by atoms with E-state index in [1.165, 1.54) is 0 Å². The summed E-state index contributed by atoms with van der Waals surface area (Å²) >= 11 is 0. The van der Waals surface area contributed by atoms with Crippen LogP contribution in [0.25, 0.3) is 11.0 Å². The molecule has 0 aliphatic heterocycles. The molecule has 4 heteroatoms. The van der Waals surface area contributed by atoms with E-state index in [9.17, 15) is 5.11 Å². The minimum atomic E-state index is -0.974. The normalized spacial score (nSPS) is 14.8. The van der Waals surface area contributed by atoms with Crippen LogP contribution in [0.5, 0.6) is 5.75 Å². The Balaban J connectivity index is 2.62. The van der Waals surface area contributed by atoms with Crippen molar-refractivity contribution in [2.75, 3.05) is 12.8 Å². The maximum atomic E-state index is 10.1. The molecular formula is C13H17NO3. The van der Waals surface area contributed by atoms with Crippen molar-refractivity contribution in [3.05, 3.63) is 24.0 Å². The van der Waals surface area contributed by atoms with Crippen LogP contribution in [0, 0.1) is 0 Å². The van der Waals surface area contributed by atoms with Gasteiger partial charge in [0.05, 0.1) is 12.8 Å². The van der Waals surface area contributed by atoms with Crippen LogP contribution in [0.1, 0.15) is 26.0 Å². The smallest absolute Gasteiger partial charge is 0.142 e. The fraction of sp³-hybridized carbons (Fsp3) is 0.385. The minimum absolute atomic E-state index is 0.523. The van der Waals surface area contributed by atoms with Crippen LogP contribution in [0.2, 0.25) is 0 Å². The summed E-state index contributed by atoms with van der Waals surface area (Å²) in [5.41, 5.74) is 6.18. The average Bonchev–Trinajstić information content (AvgIpc) is 2.75. The first-order chi connectivity index (χ1) is 7.99. The quantitative estimate of drug-likeness (QED) is 0.802. The third-order valence-electron chi connectivity index (χ3n) is 3.14. The van der Waals surface area contributed by atoms with Gasteiger partial charge in [0.1, 0.15) is 22.7 Å². The molecule has 3 N–H and O–H groups in total. The fourth-order valence-electron chi connectivity index (χ4n) is 1.73. The number of aliphatic hydroxyl groups is 1. The number of furan rings is 1. The first kappa shape index (κ1) is 11.8. The van der Waals surface area contributed by atoms with Gasteiger partial charge in [0.15, 0.2) is 0 Å². The predicted octanol–water partition coefficient (Wildman–Crippen LogP) is 2.64. The Bertz CT molecular complexity index is 543. The standard InChI is InChI=1S/C13H17NO3/c1-4-13(2,15)11-7-8-9(17-11)5-6-10(16-3)12(8)14/h5-7,15H,4,14H2,1-3H3/t13-/m0/s1. The number of hydrogen-bond donors (Lipinski definition) is 2. The highest BCUT2D eigenvalue weighted by Gasteiger charge is 2.25. The second kappa shape index (κ2) is 3.96. The first-order valence-electron chi connectivity index (χ1n) is 5.58. The molecule has 0 aliphatic carbocycles. The molecule has 1 aromatic heterocycles. The van der Waals surface area contributed by atoms with Crippen LogP contribution in [0.15, 0.2) is 22.6 Å². The van der Waals surface area contributed by atoms with Crippen molar-refractivity contribution in [1.82, 2.24) is 0 Å². The molecule has 2 rings (SSSR count). The van der Waals surface area contributed by atoms with E-state index in [4.69, 9.17) is 14.9 Å². The largest absolute Gasteiger partial charge is 0.495 e. The summed E-state index contributed by atoms with van der Waals surface area (Å²) in [5, 5.41) is 10.9. The molecular weight excluding hydrogens is 218 g/mol. The van der Waals surface area contributed by atoms with Gasteiger partial charge in [-0.1, -0.05) is 6.92 Å². The van der Waals surface area contributed by atoms with Gasteiger partial charge in [0.25, 0.3) is 0 Å². The van der Waals surface area contributed by atoms with Crippen LogP contribution < -0.4 is 10.5 Å². The van der Waals surface area contributed by atoms with E-state index in [2.05, 4.69) is 0 Å². The zero-order valence-corrected chi connectivity index (χ0v) is 10.3. The summed E-state index contributed by atoms with van der Waals surface area (Å²) in [4.78, 5) is 0. The molecule has 17 heavy (non-hydrogen) atoms. The zero-order valence-electron chi connectivity index (χ0n) is 10.3. The average molecular weight is 235 g/mol. The topological polar surface area (TPSA) is 68.6 Å². The fourth-order valence-corrected chi connectivity index (χ4v) is 1.73. The van der Waals surface area contributed by atoms with E-state index in [1.807, 2.05) is 6.92 Å². The SMILES string of the molecule is CC[C@](C)(O)c1cc2c(N)c(OC)ccc2o1. The van der Waals surface area contributed by atoms with Crippen LogP contribution in [0.3, 0.4) is 0 Å². The van der Waals surface area contributed by atoms with E-state index in [-0.39, 0.29) is 0 Å². The first-order valence-corrected chi connectivity index (χ1v) is 5.58. The third kappa shape index (κ3) is 1.85. The Labute approximate surface area is 100.0 Å². The van der Waals surface area contributed by atoms with Crippen LogP contribution in [0.4, 0.5) is 5.69 Å². The molecule has 92 valence electrons. The van der Waals surface area contributed by atoms with Gasteiger partial charge in [-0.05, 0) is 31.5 Å². The molecule has 0 bridgehead atoms. The maximum absolute atomic E-state index is 10.1. The number of nitrogen functional groups attached to an aromatic ring is 1. The number of hydrogen-bond acceptors (Lipinski definition) is 4. The molecule has 0 aliphatic rings. The van der Waals surface area contributed by atoms with Gasteiger partial charge >= 0.3 is 0 Å². The Morgan fingerprint density at radius 3 is 2.76 bits per heavy atom. The van der Waals surface area contributed by atoms with E-state index in [0.717, 1.165) is 5.39 Å². The molecule has 1 heterocycles. The number of benzene rings is 1. The monoisotopic (exact) mass is 235 g/mol. The summed E-state index contributed by atoms with van der Waals surface area (Å²) in [6, 6.07) is 5.32. The number of ether oxygens (including phenoxy) is 1. The Kier molecular flexibility index (Phi) is 2.75. The van der Waals surface area contributed by atoms with E-state index in [0.29, 0.717) is 29.2 Å². The summed E-state index contributed by atoms with van der Waals surface area (Å²) in [7, 11) is 1.57. The Morgan fingerprint density at radius 2 is 2.18 bits per heavy atom. The lowest BCUT2D eigenvalue weighted by Gasteiger charge is -2.17. The predicted molar refractivity (Wildman–Crippen MR) is 67.0 cm³/mol. The van der Waals surface area contributed by atoms with Gasteiger partial charge in [-0.2, -0.15) is 0 Å². The second-order valence-corrected chi connectivity index (χ2v) is 4.33. The van der Waals surface area contributed by atoms with Crippen molar-refractivity contribution < 1.29 is 14.3 Å². The van der Waals surface area contributed by atoms with E-state index < -0.39 is 5.60 Å². The van der Waals surface area contributed by atoms with Crippen molar-refractivity contribution in [3.63, 3.8) is 0 Å². The third-order valence-corrected chi connectivity index (χ3v) is 3.14. The molecule has 0 radical (unpaired) electrons. The van der Waals surface area contributed by atoms with Crippen molar-refractivity contribution in [2.45, 2.75) is 25.9 Å². The van der Waals surface area contributed by atoms with Gasteiger partial charge in [0, 0.05) is 5.39 Å². The van der Waals surface area contributed by atoms with Crippen LogP contribution in [-0.4, -0.2) is 12.2 Å². The number of fused-ring (bicyclic) bond motifs is 1. The van der Waals surface area contributed by atoms with Gasteiger partial charge in [-0.15, -0.1) is 0 Å². The summed E-state index contributed by atoms with van der Waals surface area (Å²) in [5.74, 6) is 1.14. The molecule has 0 saturated carbocycles. The Hall–Kier alpha value is -1.68. The van der Waals surface area contributed by atoms with Crippen LogP contribution in [-0.2, 0) is 5.60 Å². The van der Waals surface area contributed by atoms with E-state index >= 15 is 0 Å². The molecule has 1 atom stereocenters. The lowest BCUT2D eigenvalue weighted by molar-refractivity contribution is 0.0318. The minimum Gasteiger partial charge on any atom is -0.495 e. The van der Waals surface area contributed by atoms with Gasteiger partial charge in [-0.25, -0.2) is 0 Å². The number of nitrogens with two attached hydrogens (primary N) is 1. The molecule has 0 amide bonds. The van der Waals surface area contributed by atoms with Gasteiger partial charge < -0.3 is 20.0 Å². The molecule has 1 aromatic carbocycles. The van der Waals surface area contributed by atoms with Gasteiger partial charge in [0.2, 0.25) is 0 Å². The lowest BCUT2D eigenvalue weighted by atomic mass is 10.0. The van der Waals surface area contributed by atoms with Crippen molar-refractivity contribution >= 4 is 16.7 Å². The van der Waals surface area contributed by atoms with Crippen molar-refractivity contribution in [1.29, 1.82) is 0 Å². The van der Waals surface area contributed by atoms with Gasteiger partial charge in [-0.3, -0.25) is 0 Å². The summed E-state index contributed by atoms with van der Waals surface area (Å²) in [6.45, 7) is 3.62. The molecule has 0 fully saturated rings. The number of anilines is 1. The van der Waals surface area contributed by atoms with Crippen LogP contribution >= 0.6 is 0 Å². The molecule has 0 unspecified atom stereocenters. The molecule has 0 spiro atoms. The summed E-state index contributed by atoms with van der Waals surface area (Å²) in [6.07, 6.45) is 0.573. The highest BCUT2D eigenvalue weighted by Crippen LogP contribution is 2.36. The van der Waals surface area contributed by atoms with E-state index in [1.54, 1.807) is 32.2 Å². The molecule has 4 nitrogen and oxygen atoms in total. The highest BCUT2D eigenvalue weighted by atomic mass is 16.5. The Morgan fingerprint density at radius 1 is 1.47 bits per heavy atom.